The van der Waals surface area contributed by atoms with E-state index in [4.69, 9.17) is 5.26 Å². The minimum atomic E-state index is 0.0396. The molecular weight excluding hydrogens is 346 g/mol. The van der Waals surface area contributed by atoms with Crippen LogP contribution in [0.4, 0.5) is 5.82 Å². The van der Waals surface area contributed by atoms with Crippen LogP contribution in [-0.2, 0) is 4.79 Å². The zero-order valence-electron chi connectivity index (χ0n) is 14.1. The maximum Gasteiger partial charge on any atom is 0.163 e. The molecular formula is C19H17N5OS. The standard InChI is InChI=1S/C19H17N5OS/c20-11-13-3-4-15-17(9-13)26-19(22-15)23-18-10-14(5-6-21-18)16(12-25)24-7-1-2-8-24/h3-6,9-10,15,17H,1-2,7-8H2,(H,21,22,23). The predicted molar refractivity (Wildman–Crippen MR) is 103 cm³/mol. The summed E-state index contributed by atoms with van der Waals surface area (Å²) >= 11 is 1.58. The van der Waals surface area contributed by atoms with Gasteiger partial charge in [-0.25, -0.2) is 9.78 Å². The normalized spacial score (nSPS) is 23.6. The molecule has 0 bridgehead atoms. The number of hydrogen-bond donors (Lipinski definition) is 1. The lowest BCUT2D eigenvalue weighted by Gasteiger charge is -2.18. The second-order valence-corrected chi connectivity index (χ2v) is 7.47. The number of hydrogen-bond acceptors (Lipinski definition) is 7. The fourth-order valence-electron chi connectivity index (χ4n) is 3.30. The molecule has 2 atom stereocenters. The molecule has 1 saturated heterocycles. The highest BCUT2D eigenvalue weighted by atomic mass is 32.2. The molecule has 0 aromatic carbocycles. The molecule has 0 spiro atoms. The van der Waals surface area contributed by atoms with Gasteiger partial charge < -0.3 is 10.2 Å². The zero-order valence-corrected chi connectivity index (χ0v) is 14.9. The quantitative estimate of drug-likeness (QED) is 0.832. The van der Waals surface area contributed by atoms with Gasteiger partial charge in [-0.1, -0.05) is 23.9 Å². The molecule has 0 saturated carbocycles. The van der Waals surface area contributed by atoms with Crippen molar-refractivity contribution in [3.05, 3.63) is 47.7 Å². The van der Waals surface area contributed by atoms with Crippen molar-refractivity contribution >= 4 is 34.4 Å². The minimum Gasteiger partial charge on any atom is -0.362 e. The van der Waals surface area contributed by atoms with Crippen molar-refractivity contribution in [2.24, 2.45) is 4.99 Å². The number of allylic oxidation sites excluding steroid dienone is 2. The molecule has 1 fully saturated rings. The summed E-state index contributed by atoms with van der Waals surface area (Å²) in [4.78, 5) is 22.5. The predicted octanol–water partition coefficient (Wildman–Crippen LogP) is 2.62. The minimum absolute atomic E-state index is 0.0396. The Kier molecular flexibility index (Phi) is 4.61. The Labute approximate surface area is 156 Å². The molecule has 6 nitrogen and oxygen atoms in total. The van der Waals surface area contributed by atoms with E-state index < -0.39 is 0 Å². The maximum atomic E-state index is 11.5. The SMILES string of the molecule is N#CC1=CC2SC(Nc3cc(C(=C=O)N4CCCC4)ccn3)=NC2C=C1. The molecule has 2 unspecified atom stereocenters. The molecule has 130 valence electrons. The van der Waals surface area contributed by atoms with Crippen molar-refractivity contribution < 1.29 is 4.79 Å². The van der Waals surface area contributed by atoms with Gasteiger partial charge in [0.25, 0.3) is 0 Å². The summed E-state index contributed by atoms with van der Waals surface area (Å²) in [6.07, 6.45) is 9.59. The Morgan fingerprint density at radius 3 is 3.00 bits per heavy atom. The number of thioether (sulfide) groups is 1. The summed E-state index contributed by atoms with van der Waals surface area (Å²) in [5.41, 5.74) is 2.07. The van der Waals surface area contributed by atoms with Crippen LogP contribution >= 0.6 is 11.8 Å². The zero-order chi connectivity index (χ0) is 17.9. The molecule has 26 heavy (non-hydrogen) atoms. The van der Waals surface area contributed by atoms with Crippen LogP contribution in [0.3, 0.4) is 0 Å². The summed E-state index contributed by atoms with van der Waals surface area (Å²) in [5.74, 6) is 2.73. The number of amidine groups is 1. The van der Waals surface area contributed by atoms with Crippen LogP contribution in [0.15, 0.2) is 47.1 Å². The van der Waals surface area contributed by atoms with E-state index in [1.54, 1.807) is 18.0 Å². The fraction of sp³-hybridized carbons (Fsp3) is 0.316. The average molecular weight is 363 g/mol. The first-order chi connectivity index (χ1) is 12.8. The molecule has 1 N–H and O–H groups in total. The molecule has 1 aliphatic carbocycles. The maximum absolute atomic E-state index is 11.5. The van der Waals surface area contributed by atoms with Gasteiger partial charge in [0.15, 0.2) is 11.1 Å². The van der Waals surface area contributed by atoms with E-state index in [2.05, 4.69) is 32.2 Å². The van der Waals surface area contributed by atoms with Crippen molar-refractivity contribution in [2.45, 2.75) is 24.1 Å². The molecule has 2 aliphatic heterocycles. The van der Waals surface area contributed by atoms with Gasteiger partial charge in [0.2, 0.25) is 0 Å². The van der Waals surface area contributed by atoms with Crippen molar-refractivity contribution in [1.82, 2.24) is 9.88 Å². The van der Waals surface area contributed by atoms with Crippen molar-refractivity contribution in [1.29, 1.82) is 5.26 Å². The Hall–Kier alpha value is -2.81. The van der Waals surface area contributed by atoms with E-state index in [1.807, 2.05) is 30.4 Å². The van der Waals surface area contributed by atoms with E-state index in [-0.39, 0.29) is 11.3 Å². The smallest absolute Gasteiger partial charge is 0.163 e. The summed E-state index contributed by atoms with van der Waals surface area (Å²) in [6, 6.07) is 5.90. The average Bonchev–Trinajstić information content (AvgIpc) is 3.31. The van der Waals surface area contributed by atoms with Gasteiger partial charge in [-0.2, -0.15) is 5.26 Å². The van der Waals surface area contributed by atoms with Crippen LogP contribution in [0.2, 0.25) is 0 Å². The number of pyridine rings is 1. The van der Waals surface area contributed by atoms with Crippen molar-refractivity contribution in [3.8, 4) is 6.07 Å². The molecule has 1 aromatic rings. The first-order valence-electron chi connectivity index (χ1n) is 8.55. The number of carbonyl (C=O) groups excluding carboxylic acids is 1. The number of nitriles is 1. The van der Waals surface area contributed by atoms with Crippen LogP contribution in [0.25, 0.3) is 5.70 Å². The van der Waals surface area contributed by atoms with E-state index >= 15 is 0 Å². The van der Waals surface area contributed by atoms with E-state index in [9.17, 15) is 4.79 Å². The van der Waals surface area contributed by atoms with E-state index in [1.165, 1.54) is 0 Å². The third-order valence-corrected chi connectivity index (χ3v) is 5.70. The van der Waals surface area contributed by atoms with Gasteiger partial charge >= 0.3 is 0 Å². The Bertz CT molecular complexity index is 901. The highest BCUT2D eigenvalue weighted by Crippen LogP contribution is 2.33. The van der Waals surface area contributed by atoms with E-state index in [0.29, 0.717) is 17.1 Å². The number of likely N-dealkylation sites (tertiary alicyclic amines) is 1. The highest BCUT2D eigenvalue weighted by Gasteiger charge is 2.29. The lowest BCUT2D eigenvalue weighted by molar-refractivity contribution is 0.489. The number of nitrogens with one attached hydrogen (secondary N) is 1. The summed E-state index contributed by atoms with van der Waals surface area (Å²) in [5, 5.41) is 13.2. The monoisotopic (exact) mass is 363 g/mol. The van der Waals surface area contributed by atoms with Crippen LogP contribution < -0.4 is 5.32 Å². The number of anilines is 1. The molecule has 0 radical (unpaired) electrons. The van der Waals surface area contributed by atoms with Gasteiger partial charge in [0.05, 0.1) is 17.4 Å². The van der Waals surface area contributed by atoms with E-state index in [0.717, 1.165) is 36.7 Å². The Morgan fingerprint density at radius 1 is 1.38 bits per heavy atom. The second-order valence-electron chi connectivity index (χ2n) is 6.30. The third-order valence-electron chi connectivity index (χ3n) is 4.58. The molecule has 3 aliphatic rings. The first-order valence-corrected chi connectivity index (χ1v) is 9.43. The number of rotatable bonds is 3. The van der Waals surface area contributed by atoms with Gasteiger partial charge in [-0.15, -0.1) is 0 Å². The summed E-state index contributed by atoms with van der Waals surface area (Å²) in [7, 11) is 0. The van der Waals surface area contributed by atoms with Crippen LogP contribution in [0.5, 0.6) is 0 Å². The molecule has 4 rings (SSSR count). The number of aromatic nitrogens is 1. The van der Waals surface area contributed by atoms with Crippen LogP contribution in [0.1, 0.15) is 18.4 Å². The second kappa shape index (κ2) is 7.20. The number of fused-ring (bicyclic) bond motifs is 1. The molecule has 7 heteroatoms. The lowest BCUT2D eigenvalue weighted by Crippen LogP contribution is -2.18. The lowest BCUT2D eigenvalue weighted by atomic mass is 10.0. The highest BCUT2D eigenvalue weighted by molar-refractivity contribution is 8.15. The molecule has 0 amide bonds. The fourth-order valence-corrected chi connectivity index (χ4v) is 4.41. The third kappa shape index (κ3) is 3.30. The van der Waals surface area contributed by atoms with Gasteiger partial charge in [0, 0.05) is 30.4 Å². The van der Waals surface area contributed by atoms with Gasteiger partial charge in [-0.05, 0) is 31.1 Å². The van der Waals surface area contributed by atoms with Crippen LogP contribution in [-0.4, -0.2) is 45.4 Å². The Balaban J connectivity index is 1.50. The first kappa shape index (κ1) is 16.6. The largest absolute Gasteiger partial charge is 0.362 e. The van der Waals surface area contributed by atoms with Gasteiger partial charge in [-0.3, -0.25) is 4.99 Å². The Morgan fingerprint density at radius 2 is 2.23 bits per heavy atom. The van der Waals surface area contributed by atoms with Crippen molar-refractivity contribution in [2.75, 3.05) is 18.4 Å². The molecule has 1 aromatic heterocycles. The number of nitrogens with zero attached hydrogens (tertiary/aromatic N) is 4. The van der Waals surface area contributed by atoms with Gasteiger partial charge in [0.1, 0.15) is 11.5 Å². The van der Waals surface area contributed by atoms with Crippen molar-refractivity contribution in [3.63, 3.8) is 0 Å². The number of aliphatic imine (C=N–C) groups is 1. The topological polar surface area (TPSA) is 81.4 Å². The summed E-state index contributed by atoms with van der Waals surface area (Å²) < 4.78 is 0. The summed E-state index contributed by atoms with van der Waals surface area (Å²) in [6.45, 7) is 1.78. The van der Waals surface area contributed by atoms with Crippen LogP contribution in [0, 0.1) is 11.3 Å². The molecule has 3 heterocycles.